The Morgan fingerprint density at radius 2 is 2.11 bits per heavy atom. The Morgan fingerprint density at radius 3 is 2.63 bits per heavy atom. The maximum Gasteiger partial charge on any atom is 0.252 e. The van der Waals surface area contributed by atoms with Crippen LogP contribution in [0, 0.1) is 0 Å². The Bertz CT molecular complexity index is 580. The normalized spacial score (nSPS) is 18.2. The van der Waals surface area contributed by atoms with Gasteiger partial charge in [-0.3, -0.25) is 0 Å². The van der Waals surface area contributed by atoms with Crippen LogP contribution in [-0.2, 0) is 21.2 Å². The number of aliphatic imine (C=N–C) groups is 1. The Labute approximate surface area is 117 Å². The zero-order valence-electron chi connectivity index (χ0n) is 10.7. The number of piperidine rings is 1. The van der Waals surface area contributed by atoms with Crippen molar-refractivity contribution in [2.75, 3.05) is 13.1 Å². The van der Waals surface area contributed by atoms with Gasteiger partial charge in [0.1, 0.15) is 4.21 Å². The average molecular weight is 300 g/mol. The number of hydrogen-bond acceptors (Lipinski definition) is 5. The van der Waals surface area contributed by atoms with E-state index in [1.54, 1.807) is 12.1 Å². The van der Waals surface area contributed by atoms with Crippen molar-refractivity contribution in [2.24, 2.45) is 4.99 Å². The van der Waals surface area contributed by atoms with Crippen molar-refractivity contribution in [1.82, 2.24) is 4.31 Å². The molecule has 0 amide bonds. The fourth-order valence-electron chi connectivity index (χ4n) is 2.10. The largest absolute Gasteiger partial charge is 0.252 e. The lowest BCUT2D eigenvalue weighted by Crippen LogP contribution is -2.39. The Balaban J connectivity index is 2.11. The maximum atomic E-state index is 12.4. The lowest BCUT2D eigenvalue weighted by molar-refractivity contribution is 0.321. The van der Waals surface area contributed by atoms with Crippen LogP contribution in [0.4, 0.5) is 0 Å². The molecule has 1 fully saturated rings. The highest BCUT2D eigenvalue weighted by Crippen LogP contribution is 2.27. The molecule has 0 aromatic carbocycles. The van der Waals surface area contributed by atoms with E-state index in [1.807, 2.05) is 13.0 Å². The van der Waals surface area contributed by atoms with Crippen molar-refractivity contribution in [3.05, 3.63) is 17.0 Å². The molecule has 0 saturated carbocycles. The van der Waals surface area contributed by atoms with Gasteiger partial charge < -0.3 is 0 Å². The van der Waals surface area contributed by atoms with Gasteiger partial charge in [-0.05, 0) is 31.4 Å². The summed E-state index contributed by atoms with van der Waals surface area (Å²) in [6.45, 7) is 2.83. The number of aryl methyl sites for hydroxylation is 1. The zero-order valence-corrected chi connectivity index (χ0v) is 12.3. The third kappa shape index (κ3) is 3.12. The molecular formula is C12H16N2O3S2. The number of sulfonamides is 1. The van der Waals surface area contributed by atoms with Crippen LogP contribution in [0.5, 0.6) is 0 Å². The molecule has 1 saturated heterocycles. The lowest BCUT2D eigenvalue weighted by atomic mass is 10.1. The van der Waals surface area contributed by atoms with Crippen LogP contribution in [-0.4, -0.2) is 37.9 Å². The molecule has 0 aliphatic carbocycles. The van der Waals surface area contributed by atoms with Gasteiger partial charge in [-0.15, -0.1) is 11.3 Å². The van der Waals surface area contributed by atoms with Crippen LogP contribution in [0.2, 0.25) is 0 Å². The van der Waals surface area contributed by atoms with Crippen molar-refractivity contribution in [3.8, 4) is 0 Å². The van der Waals surface area contributed by atoms with Crippen molar-refractivity contribution >= 4 is 27.4 Å². The van der Waals surface area contributed by atoms with Gasteiger partial charge in [-0.1, -0.05) is 6.92 Å². The number of hydrogen-bond donors (Lipinski definition) is 0. The molecular weight excluding hydrogens is 284 g/mol. The van der Waals surface area contributed by atoms with Crippen LogP contribution in [0.3, 0.4) is 0 Å². The summed E-state index contributed by atoms with van der Waals surface area (Å²) in [5, 5.41) is 0. The van der Waals surface area contributed by atoms with Crippen LogP contribution in [0.25, 0.3) is 0 Å². The van der Waals surface area contributed by atoms with Gasteiger partial charge >= 0.3 is 0 Å². The van der Waals surface area contributed by atoms with E-state index in [-0.39, 0.29) is 6.04 Å². The summed E-state index contributed by atoms with van der Waals surface area (Å²) in [6, 6.07) is 3.45. The molecule has 1 aromatic rings. The predicted octanol–water partition coefficient (Wildman–Crippen LogP) is 1.80. The Morgan fingerprint density at radius 1 is 1.42 bits per heavy atom. The summed E-state index contributed by atoms with van der Waals surface area (Å²) in [6.07, 6.45) is 3.55. The molecule has 0 spiro atoms. The summed E-state index contributed by atoms with van der Waals surface area (Å²) in [5.74, 6) is 0. The average Bonchev–Trinajstić information content (AvgIpc) is 2.89. The van der Waals surface area contributed by atoms with Crippen LogP contribution < -0.4 is 0 Å². The van der Waals surface area contributed by atoms with Gasteiger partial charge in [0.25, 0.3) is 10.0 Å². The first-order valence-corrected chi connectivity index (χ1v) is 8.49. The van der Waals surface area contributed by atoms with Gasteiger partial charge in [0.2, 0.25) is 6.08 Å². The highest BCUT2D eigenvalue weighted by molar-refractivity contribution is 7.91. The molecule has 1 aromatic heterocycles. The molecule has 0 unspecified atom stereocenters. The summed E-state index contributed by atoms with van der Waals surface area (Å²) in [4.78, 5) is 14.9. The topological polar surface area (TPSA) is 66.8 Å². The van der Waals surface area contributed by atoms with E-state index in [0.29, 0.717) is 30.1 Å². The molecule has 0 atom stereocenters. The summed E-state index contributed by atoms with van der Waals surface area (Å²) >= 11 is 1.33. The van der Waals surface area contributed by atoms with E-state index in [0.717, 1.165) is 11.3 Å². The van der Waals surface area contributed by atoms with E-state index >= 15 is 0 Å². The molecule has 2 heterocycles. The number of thiophene rings is 1. The number of rotatable bonds is 4. The van der Waals surface area contributed by atoms with E-state index in [4.69, 9.17) is 0 Å². The van der Waals surface area contributed by atoms with Gasteiger partial charge in [-0.2, -0.15) is 4.31 Å². The molecule has 0 N–H and O–H groups in total. The van der Waals surface area contributed by atoms with E-state index < -0.39 is 10.0 Å². The van der Waals surface area contributed by atoms with E-state index in [1.165, 1.54) is 15.6 Å². The van der Waals surface area contributed by atoms with E-state index in [2.05, 4.69) is 4.99 Å². The number of carbonyl (C=O) groups excluding carboxylic acids is 1. The fraction of sp³-hybridized carbons (Fsp3) is 0.583. The monoisotopic (exact) mass is 300 g/mol. The minimum Gasteiger partial charge on any atom is -0.211 e. The molecule has 0 bridgehead atoms. The first-order valence-electron chi connectivity index (χ1n) is 6.23. The highest BCUT2D eigenvalue weighted by atomic mass is 32.2. The Kier molecular flexibility index (Phi) is 4.52. The molecule has 104 valence electrons. The van der Waals surface area contributed by atoms with Crippen molar-refractivity contribution in [1.29, 1.82) is 0 Å². The fourth-order valence-corrected chi connectivity index (χ4v) is 5.02. The molecule has 2 rings (SSSR count). The first kappa shape index (κ1) is 14.4. The SMILES string of the molecule is CCc1ccc(S(=O)(=O)N2CCC(N=C=O)CC2)s1. The van der Waals surface area contributed by atoms with Gasteiger partial charge in [0.15, 0.2) is 0 Å². The number of isocyanates is 1. The highest BCUT2D eigenvalue weighted by Gasteiger charge is 2.30. The standard InChI is InChI=1S/C12H16N2O3S2/c1-2-11-3-4-12(18-11)19(16,17)14-7-5-10(6-8-14)13-9-15/h3-4,10H,2,5-8H2,1H3. The molecule has 0 radical (unpaired) electrons. The third-order valence-corrected chi connectivity index (χ3v) is 6.83. The lowest BCUT2D eigenvalue weighted by Gasteiger charge is -2.28. The second-order valence-corrected chi connectivity index (χ2v) is 7.76. The Hall–Kier alpha value is -1.01. The smallest absolute Gasteiger partial charge is 0.211 e. The zero-order chi connectivity index (χ0) is 13.9. The second-order valence-electron chi connectivity index (χ2n) is 4.43. The third-order valence-electron chi connectivity index (χ3n) is 3.24. The molecule has 5 nitrogen and oxygen atoms in total. The molecule has 19 heavy (non-hydrogen) atoms. The maximum absolute atomic E-state index is 12.4. The van der Waals surface area contributed by atoms with Gasteiger partial charge in [-0.25, -0.2) is 18.2 Å². The summed E-state index contributed by atoms with van der Waals surface area (Å²) < 4.78 is 26.7. The molecule has 7 heteroatoms. The van der Waals surface area contributed by atoms with Gasteiger partial charge in [0, 0.05) is 18.0 Å². The van der Waals surface area contributed by atoms with Crippen LogP contribution >= 0.6 is 11.3 Å². The summed E-state index contributed by atoms with van der Waals surface area (Å²) in [7, 11) is -3.38. The van der Waals surface area contributed by atoms with E-state index in [9.17, 15) is 13.2 Å². The molecule has 1 aliphatic rings. The van der Waals surface area contributed by atoms with Crippen LogP contribution in [0.1, 0.15) is 24.6 Å². The quantitative estimate of drug-likeness (QED) is 0.629. The van der Waals surface area contributed by atoms with Crippen molar-refractivity contribution in [3.63, 3.8) is 0 Å². The van der Waals surface area contributed by atoms with Gasteiger partial charge in [0.05, 0.1) is 6.04 Å². The summed E-state index contributed by atoms with van der Waals surface area (Å²) in [5.41, 5.74) is 0. The first-order chi connectivity index (χ1) is 9.07. The van der Waals surface area contributed by atoms with Crippen LogP contribution in [0.15, 0.2) is 21.3 Å². The minimum atomic E-state index is -3.38. The number of nitrogens with zero attached hydrogens (tertiary/aromatic N) is 2. The molecule has 1 aliphatic heterocycles. The second kappa shape index (κ2) is 5.96. The minimum absolute atomic E-state index is 0.0847. The van der Waals surface area contributed by atoms with Crippen molar-refractivity contribution < 1.29 is 13.2 Å². The predicted molar refractivity (Wildman–Crippen MR) is 73.6 cm³/mol. The van der Waals surface area contributed by atoms with Crippen molar-refractivity contribution in [2.45, 2.75) is 36.4 Å².